The molecule has 3 heteroatoms. The van der Waals surface area contributed by atoms with Crippen molar-refractivity contribution in [1.29, 1.82) is 0 Å². The van der Waals surface area contributed by atoms with Gasteiger partial charge in [-0.1, -0.05) is 52.7 Å². The number of halogens is 1. The van der Waals surface area contributed by atoms with Gasteiger partial charge in [0.15, 0.2) is 5.78 Å². The molecular weight excluding hydrogens is 376 g/mol. The third kappa shape index (κ3) is 3.72. The van der Waals surface area contributed by atoms with Gasteiger partial charge in [0.05, 0.1) is 12.5 Å². The normalized spacial score (nSPS) is 17.0. The molecule has 0 aromatic heterocycles. The van der Waals surface area contributed by atoms with E-state index in [1.54, 1.807) is 0 Å². The fourth-order valence-electron chi connectivity index (χ4n) is 3.46. The van der Waals surface area contributed by atoms with Crippen LogP contribution in [-0.2, 0) is 17.6 Å². The molecule has 1 atom stereocenters. The molecule has 0 spiro atoms. The van der Waals surface area contributed by atoms with E-state index in [0.29, 0.717) is 6.61 Å². The molecule has 1 aliphatic rings. The molecule has 0 saturated carbocycles. The molecule has 0 aliphatic carbocycles. The zero-order chi connectivity index (χ0) is 18.0. The fourth-order valence-corrected chi connectivity index (χ4v) is 3.87. The van der Waals surface area contributed by atoms with E-state index in [1.807, 2.05) is 37.3 Å². The summed E-state index contributed by atoms with van der Waals surface area (Å²) >= 11 is 3.52. The van der Waals surface area contributed by atoms with Crippen molar-refractivity contribution in [2.75, 3.05) is 6.61 Å². The summed E-state index contributed by atoms with van der Waals surface area (Å²) in [6, 6.07) is 12.3. The standard InChI is InChI=1S/C22H23BrO2/c1-4-15-12-18(23)7-8-20(15)19(5-2)22(24)17-11-16-10-14(3)6-9-21(16)25-13-17/h5-10,12,17H,4,11,13H2,1-3H3/b19-5+. The number of hydrogen-bond acceptors (Lipinski definition) is 2. The molecule has 3 rings (SSSR count). The number of Topliss-reactive ketones (excluding diaryl/α,β-unsaturated/α-hetero) is 1. The monoisotopic (exact) mass is 398 g/mol. The van der Waals surface area contributed by atoms with Crippen LogP contribution in [0, 0.1) is 12.8 Å². The number of rotatable bonds is 4. The maximum Gasteiger partial charge on any atom is 0.169 e. The molecule has 130 valence electrons. The highest BCUT2D eigenvalue weighted by Crippen LogP contribution is 2.32. The Bertz CT molecular complexity index is 836. The van der Waals surface area contributed by atoms with E-state index in [9.17, 15) is 4.79 Å². The number of benzene rings is 2. The Morgan fingerprint density at radius 3 is 2.80 bits per heavy atom. The lowest BCUT2D eigenvalue weighted by Crippen LogP contribution is -2.29. The summed E-state index contributed by atoms with van der Waals surface area (Å²) in [4.78, 5) is 13.2. The van der Waals surface area contributed by atoms with Crippen LogP contribution in [0.15, 0.2) is 46.9 Å². The summed E-state index contributed by atoms with van der Waals surface area (Å²) in [5.74, 6) is 0.954. The highest BCUT2D eigenvalue weighted by atomic mass is 79.9. The number of carbonyl (C=O) groups excluding carboxylic acids is 1. The third-order valence-corrected chi connectivity index (χ3v) is 5.28. The molecule has 25 heavy (non-hydrogen) atoms. The molecule has 1 unspecified atom stereocenters. The van der Waals surface area contributed by atoms with Crippen molar-refractivity contribution in [2.45, 2.75) is 33.6 Å². The molecule has 0 fully saturated rings. The first-order valence-electron chi connectivity index (χ1n) is 8.75. The molecule has 1 heterocycles. The predicted molar refractivity (Wildman–Crippen MR) is 106 cm³/mol. The van der Waals surface area contributed by atoms with Crippen LogP contribution in [0.1, 0.15) is 36.1 Å². The van der Waals surface area contributed by atoms with Crippen LogP contribution in [0.3, 0.4) is 0 Å². The van der Waals surface area contributed by atoms with Gasteiger partial charge < -0.3 is 4.74 Å². The van der Waals surface area contributed by atoms with Gasteiger partial charge in [-0.25, -0.2) is 0 Å². The molecule has 0 radical (unpaired) electrons. The molecule has 0 bridgehead atoms. The molecule has 2 nitrogen and oxygen atoms in total. The van der Waals surface area contributed by atoms with Gasteiger partial charge in [-0.2, -0.15) is 0 Å². The summed E-state index contributed by atoms with van der Waals surface area (Å²) in [5, 5.41) is 0. The maximum atomic E-state index is 13.2. The Labute approximate surface area is 158 Å². The summed E-state index contributed by atoms with van der Waals surface area (Å²) in [6.45, 7) is 6.57. The number of ketones is 1. The van der Waals surface area contributed by atoms with E-state index >= 15 is 0 Å². The Kier molecular flexibility index (Phi) is 5.43. The predicted octanol–water partition coefficient (Wildman–Crippen LogP) is 5.54. The van der Waals surface area contributed by atoms with Crippen molar-refractivity contribution >= 4 is 27.3 Å². The topological polar surface area (TPSA) is 26.3 Å². The van der Waals surface area contributed by atoms with Gasteiger partial charge in [0.25, 0.3) is 0 Å². The number of ether oxygens (including phenoxy) is 1. The lowest BCUT2D eigenvalue weighted by atomic mass is 9.85. The van der Waals surface area contributed by atoms with Gasteiger partial charge in [-0.15, -0.1) is 0 Å². The van der Waals surface area contributed by atoms with E-state index in [-0.39, 0.29) is 11.7 Å². The van der Waals surface area contributed by atoms with Crippen molar-refractivity contribution in [3.8, 4) is 5.75 Å². The van der Waals surface area contributed by atoms with Gasteiger partial charge in [0.1, 0.15) is 5.75 Å². The van der Waals surface area contributed by atoms with Gasteiger partial charge in [-0.3, -0.25) is 4.79 Å². The fraction of sp³-hybridized carbons (Fsp3) is 0.318. The summed E-state index contributed by atoms with van der Waals surface area (Å²) in [6.07, 6.45) is 3.57. The van der Waals surface area contributed by atoms with Crippen LogP contribution in [-0.4, -0.2) is 12.4 Å². The van der Waals surface area contributed by atoms with Gasteiger partial charge in [0.2, 0.25) is 0 Å². The first kappa shape index (κ1) is 17.9. The number of carbonyl (C=O) groups is 1. The third-order valence-electron chi connectivity index (χ3n) is 4.79. The first-order valence-corrected chi connectivity index (χ1v) is 9.54. The van der Waals surface area contributed by atoms with Gasteiger partial charge in [-0.05, 0) is 61.6 Å². The van der Waals surface area contributed by atoms with Crippen molar-refractivity contribution in [3.05, 3.63) is 69.2 Å². The quantitative estimate of drug-likeness (QED) is 0.631. The lowest BCUT2D eigenvalue weighted by Gasteiger charge is -2.26. The minimum Gasteiger partial charge on any atom is -0.493 e. The zero-order valence-electron chi connectivity index (χ0n) is 14.9. The number of aryl methyl sites for hydroxylation is 2. The van der Waals surface area contributed by atoms with Gasteiger partial charge in [0, 0.05) is 10.0 Å². The van der Waals surface area contributed by atoms with E-state index in [2.05, 4.69) is 41.9 Å². The Morgan fingerprint density at radius 1 is 1.28 bits per heavy atom. The maximum absolute atomic E-state index is 13.2. The second kappa shape index (κ2) is 7.57. The molecule has 1 aliphatic heterocycles. The van der Waals surface area contributed by atoms with E-state index in [0.717, 1.165) is 39.8 Å². The Hall–Kier alpha value is -1.87. The van der Waals surface area contributed by atoms with Crippen molar-refractivity contribution in [2.24, 2.45) is 5.92 Å². The zero-order valence-corrected chi connectivity index (χ0v) is 16.5. The summed E-state index contributed by atoms with van der Waals surface area (Å²) in [5.41, 5.74) is 5.35. The highest BCUT2D eigenvalue weighted by Gasteiger charge is 2.29. The molecule has 0 amide bonds. The minimum absolute atomic E-state index is 0.131. The Balaban J connectivity index is 1.89. The molecule has 0 saturated heterocycles. The van der Waals surface area contributed by atoms with E-state index in [4.69, 9.17) is 4.74 Å². The van der Waals surface area contributed by atoms with Gasteiger partial charge >= 0.3 is 0 Å². The Morgan fingerprint density at radius 2 is 2.08 bits per heavy atom. The first-order chi connectivity index (χ1) is 12.0. The largest absolute Gasteiger partial charge is 0.493 e. The molecular formula is C22H23BrO2. The van der Waals surface area contributed by atoms with Crippen LogP contribution >= 0.6 is 15.9 Å². The lowest BCUT2D eigenvalue weighted by molar-refractivity contribution is -0.118. The average Bonchev–Trinajstić information content (AvgIpc) is 2.62. The van der Waals surface area contributed by atoms with Crippen LogP contribution in [0.2, 0.25) is 0 Å². The van der Waals surface area contributed by atoms with E-state index < -0.39 is 0 Å². The van der Waals surface area contributed by atoms with Crippen molar-refractivity contribution < 1.29 is 9.53 Å². The second-order valence-corrected chi connectivity index (χ2v) is 7.46. The minimum atomic E-state index is -0.131. The molecule has 0 N–H and O–H groups in total. The van der Waals surface area contributed by atoms with Crippen LogP contribution in [0.5, 0.6) is 5.75 Å². The van der Waals surface area contributed by atoms with Crippen LogP contribution in [0.25, 0.3) is 5.57 Å². The average molecular weight is 399 g/mol. The highest BCUT2D eigenvalue weighted by molar-refractivity contribution is 9.10. The molecule has 2 aromatic carbocycles. The SMILES string of the molecule is C/C=C(/C(=O)C1COc2ccc(C)cc2C1)c1ccc(Br)cc1CC. The summed E-state index contributed by atoms with van der Waals surface area (Å²) in [7, 11) is 0. The second-order valence-electron chi connectivity index (χ2n) is 6.54. The van der Waals surface area contributed by atoms with Crippen LogP contribution in [0.4, 0.5) is 0 Å². The number of fused-ring (bicyclic) bond motifs is 1. The van der Waals surface area contributed by atoms with E-state index in [1.165, 1.54) is 11.1 Å². The number of allylic oxidation sites excluding steroid dienone is 2. The van der Waals surface area contributed by atoms with Crippen molar-refractivity contribution in [1.82, 2.24) is 0 Å². The summed E-state index contributed by atoms with van der Waals surface area (Å²) < 4.78 is 6.91. The van der Waals surface area contributed by atoms with Crippen LogP contribution < -0.4 is 4.74 Å². The number of hydrogen-bond donors (Lipinski definition) is 0. The molecule has 2 aromatic rings. The smallest absolute Gasteiger partial charge is 0.169 e. The van der Waals surface area contributed by atoms with Crippen molar-refractivity contribution in [3.63, 3.8) is 0 Å².